The number of hydrogen-bond acceptors (Lipinski definition) is 6. The Morgan fingerprint density at radius 3 is 2.72 bits per heavy atom. The number of nitrogens with zero attached hydrogens (tertiary/aromatic N) is 6. The quantitative estimate of drug-likeness (QED) is 0.415. The van der Waals surface area contributed by atoms with Crippen LogP contribution in [0.4, 0.5) is 20.4 Å². The molecule has 3 atom stereocenters. The van der Waals surface area contributed by atoms with Crippen molar-refractivity contribution in [3.63, 3.8) is 0 Å². The first kappa shape index (κ1) is 21.7. The number of ether oxygens (including phenoxy) is 1. The standard InChI is InChI=1S/C27H26F2N6O/c1-36-20-7-9-33(16-20)24-5-2-17(14-30-24)21-15-31-35-11-8-25(32-26(21)35)34-10-6-18-13-27(18,34)22-12-19(28)3-4-23(22)29/h2-5,8,11-12,14-15,18,20H,6-7,9-10,13,16H2,1H3/t18-,20-,27+/m0/s1. The molecular weight excluding hydrogens is 462 g/mol. The molecule has 7 nitrogen and oxygen atoms in total. The third kappa shape index (κ3) is 3.22. The second-order valence-electron chi connectivity index (χ2n) is 10.00. The van der Waals surface area contributed by atoms with Crippen molar-refractivity contribution in [1.82, 2.24) is 19.6 Å². The summed E-state index contributed by atoms with van der Waals surface area (Å²) in [6.07, 6.45) is 8.51. The first-order chi connectivity index (χ1) is 17.6. The molecule has 3 aromatic heterocycles. The Kier molecular flexibility index (Phi) is 4.79. The summed E-state index contributed by atoms with van der Waals surface area (Å²) in [7, 11) is 1.75. The van der Waals surface area contributed by atoms with Gasteiger partial charge in [0.25, 0.3) is 0 Å². The van der Waals surface area contributed by atoms with Crippen molar-refractivity contribution < 1.29 is 13.5 Å². The molecule has 0 unspecified atom stereocenters. The van der Waals surface area contributed by atoms with Gasteiger partial charge in [-0.05, 0) is 61.6 Å². The van der Waals surface area contributed by atoms with Crippen molar-refractivity contribution in [2.45, 2.75) is 30.9 Å². The van der Waals surface area contributed by atoms with Gasteiger partial charge in [-0.15, -0.1) is 0 Å². The Labute approximate surface area is 207 Å². The van der Waals surface area contributed by atoms with E-state index in [2.05, 4.69) is 14.9 Å². The minimum Gasteiger partial charge on any atom is -0.380 e. The van der Waals surface area contributed by atoms with E-state index in [1.165, 1.54) is 18.2 Å². The van der Waals surface area contributed by atoms with Gasteiger partial charge in [0.2, 0.25) is 0 Å². The predicted molar refractivity (Wildman–Crippen MR) is 132 cm³/mol. The third-order valence-electron chi connectivity index (χ3n) is 8.14. The summed E-state index contributed by atoms with van der Waals surface area (Å²) in [4.78, 5) is 14.0. The van der Waals surface area contributed by atoms with Gasteiger partial charge in [-0.25, -0.2) is 23.3 Å². The van der Waals surface area contributed by atoms with Gasteiger partial charge in [-0.3, -0.25) is 0 Å². The molecule has 0 N–H and O–H groups in total. The van der Waals surface area contributed by atoms with Crippen molar-refractivity contribution in [2.75, 3.05) is 36.5 Å². The monoisotopic (exact) mass is 488 g/mol. The highest BCUT2D eigenvalue weighted by Gasteiger charge is 2.64. The van der Waals surface area contributed by atoms with E-state index in [1.54, 1.807) is 17.8 Å². The summed E-state index contributed by atoms with van der Waals surface area (Å²) in [5.41, 5.74) is 2.41. The Morgan fingerprint density at radius 1 is 1.03 bits per heavy atom. The lowest BCUT2D eigenvalue weighted by molar-refractivity contribution is 0.121. The molecule has 0 bridgehead atoms. The van der Waals surface area contributed by atoms with Crippen molar-refractivity contribution in [1.29, 1.82) is 0 Å². The lowest BCUT2D eigenvalue weighted by Gasteiger charge is -2.30. The van der Waals surface area contributed by atoms with E-state index in [1.807, 2.05) is 30.6 Å². The first-order valence-corrected chi connectivity index (χ1v) is 12.4. The second-order valence-corrected chi connectivity index (χ2v) is 10.00. The maximum Gasteiger partial charge on any atom is 0.165 e. The molecule has 2 aliphatic heterocycles. The van der Waals surface area contributed by atoms with Gasteiger partial charge in [0.1, 0.15) is 23.3 Å². The largest absolute Gasteiger partial charge is 0.380 e. The second kappa shape index (κ2) is 7.96. The molecule has 0 amide bonds. The highest BCUT2D eigenvalue weighted by atomic mass is 19.1. The number of pyridine rings is 1. The zero-order valence-corrected chi connectivity index (χ0v) is 19.9. The number of hydrogen-bond donors (Lipinski definition) is 0. The van der Waals surface area contributed by atoms with E-state index >= 15 is 0 Å². The van der Waals surface area contributed by atoms with Crippen LogP contribution in [0.5, 0.6) is 0 Å². The van der Waals surface area contributed by atoms with E-state index < -0.39 is 11.4 Å². The molecule has 184 valence electrons. The van der Waals surface area contributed by atoms with Gasteiger partial charge in [0.05, 0.1) is 17.8 Å². The van der Waals surface area contributed by atoms with E-state index in [-0.39, 0.29) is 11.9 Å². The van der Waals surface area contributed by atoms with Crippen LogP contribution in [0, 0.1) is 17.6 Å². The fourth-order valence-electron chi connectivity index (χ4n) is 6.17. The van der Waals surface area contributed by atoms with Crippen LogP contribution in [-0.2, 0) is 10.3 Å². The zero-order chi connectivity index (χ0) is 24.4. The fraction of sp³-hybridized carbons (Fsp3) is 0.370. The predicted octanol–water partition coefficient (Wildman–Crippen LogP) is 4.42. The van der Waals surface area contributed by atoms with Gasteiger partial charge in [-0.2, -0.15) is 5.10 Å². The molecule has 4 aromatic rings. The molecule has 7 rings (SSSR count). The molecule has 9 heteroatoms. The van der Waals surface area contributed by atoms with Crippen LogP contribution in [0.15, 0.2) is 55.0 Å². The summed E-state index contributed by atoms with van der Waals surface area (Å²) >= 11 is 0. The molecule has 1 aromatic carbocycles. The van der Waals surface area contributed by atoms with Crippen LogP contribution in [0.3, 0.4) is 0 Å². The van der Waals surface area contributed by atoms with Crippen molar-refractivity contribution in [3.8, 4) is 11.1 Å². The number of rotatable bonds is 5. The van der Waals surface area contributed by atoms with E-state index in [4.69, 9.17) is 14.7 Å². The van der Waals surface area contributed by atoms with Gasteiger partial charge in [0, 0.05) is 55.8 Å². The first-order valence-electron chi connectivity index (χ1n) is 12.4. The van der Waals surface area contributed by atoms with Crippen LogP contribution in [0.25, 0.3) is 16.8 Å². The number of piperidine rings is 1. The average Bonchev–Trinajstić information content (AvgIpc) is 3.27. The van der Waals surface area contributed by atoms with Crippen molar-refractivity contribution in [3.05, 3.63) is 72.2 Å². The zero-order valence-electron chi connectivity index (χ0n) is 19.9. The van der Waals surface area contributed by atoms with Crippen LogP contribution >= 0.6 is 0 Å². The number of fused-ring (bicyclic) bond motifs is 2. The molecule has 1 aliphatic carbocycles. The summed E-state index contributed by atoms with van der Waals surface area (Å²) in [6.45, 7) is 2.52. The molecule has 2 saturated heterocycles. The molecule has 0 spiro atoms. The molecule has 5 heterocycles. The number of anilines is 2. The highest BCUT2D eigenvalue weighted by Crippen LogP contribution is 2.63. The number of benzene rings is 1. The average molecular weight is 489 g/mol. The minimum absolute atomic E-state index is 0.245. The summed E-state index contributed by atoms with van der Waals surface area (Å²) in [6, 6.07) is 9.73. The SMILES string of the molecule is CO[C@H]1CCN(c2ccc(-c3cnn4ccc(N5CC[C@H]6C[C@]65c5cc(F)ccc5F)nc34)cn2)C1. The summed E-state index contributed by atoms with van der Waals surface area (Å²) < 4.78 is 36.1. The van der Waals surface area contributed by atoms with Gasteiger partial charge in [-0.1, -0.05) is 0 Å². The van der Waals surface area contributed by atoms with Crippen molar-refractivity contribution >= 4 is 17.3 Å². The fourth-order valence-corrected chi connectivity index (χ4v) is 6.17. The molecule has 0 radical (unpaired) electrons. The lowest BCUT2D eigenvalue weighted by atomic mass is 10.0. The Hall–Kier alpha value is -3.59. The van der Waals surface area contributed by atoms with Crippen LogP contribution < -0.4 is 9.80 Å². The Morgan fingerprint density at radius 2 is 1.94 bits per heavy atom. The maximum atomic E-state index is 14.8. The Bertz CT molecular complexity index is 1460. The molecule has 3 fully saturated rings. The number of aromatic nitrogens is 4. The van der Waals surface area contributed by atoms with E-state index in [0.29, 0.717) is 17.1 Å². The third-order valence-corrected chi connectivity index (χ3v) is 8.14. The molecule has 1 saturated carbocycles. The van der Waals surface area contributed by atoms with E-state index in [0.717, 1.165) is 61.7 Å². The normalized spacial score (nSPS) is 25.1. The molecule has 3 aliphatic rings. The Balaban J connectivity index is 1.22. The number of methoxy groups -OCH3 is 1. The summed E-state index contributed by atoms with van der Waals surface area (Å²) in [5.74, 6) is 1.20. The topological polar surface area (TPSA) is 58.8 Å². The highest BCUT2D eigenvalue weighted by molar-refractivity contribution is 5.78. The minimum atomic E-state index is -0.531. The lowest BCUT2D eigenvalue weighted by Crippen LogP contribution is -2.34. The smallest absolute Gasteiger partial charge is 0.165 e. The van der Waals surface area contributed by atoms with Gasteiger partial charge < -0.3 is 14.5 Å². The van der Waals surface area contributed by atoms with Crippen LogP contribution in [0.1, 0.15) is 24.8 Å². The summed E-state index contributed by atoms with van der Waals surface area (Å²) in [5, 5.41) is 4.49. The molecule has 36 heavy (non-hydrogen) atoms. The van der Waals surface area contributed by atoms with Crippen LogP contribution in [0.2, 0.25) is 0 Å². The van der Waals surface area contributed by atoms with Gasteiger partial charge >= 0.3 is 0 Å². The van der Waals surface area contributed by atoms with Crippen LogP contribution in [-0.4, -0.2) is 52.4 Å². The number of halogens is 2. The molecular formula is C27H26F2N6O. The van der Waals surface area contributed by atoms with Gasteiger partial charge in [0.15, 0.2) is 5.65 Å². The van der Waals surface area contributed by atoms with Crippen molar-refractivity contribution in [2.24, 2.45) is 5.92 Å². The maximum absolute atomic E-state index is 14.8. The van der Waals surface area contributed by atoms with E-state index in [9.17, 15) is 8.78 Å².